The molecule has 1 amide bonds. The fraction of sp³-hybridized carbons (Fsp3) is 0.0667. The average Bonchev–Trinajstić information content (AvgIpc) is 2.94. The maximum atomic E-state index is 12.2. The summed E-state index contributed by atoms with van der Waals surface area (Å²) in [6, 6.07) is 12.5. The molecule has 1 aromatic heterocycles. The first-order chi connectivity index (χ1) is 9.76. The van der Waals surface area contributed by atoms with Gasteiger partial charge in [-0.1, -0.05) is 18.2 Å². The van der Waals surface area contributed by atoms with Gasteiger partial charge < -0.3 is 10.4 Å². The fourth-order valence-corrected chi connectivity index (χ4v) is 2.03. The Balaban J connectivity index is 1.84. The van der Waals surface area contributed by atoms with Crippen LogP contribution in [0.5, 0.6) is 0 Å². The first-order valence-corrected chi connectivity index (χ1v) is 6.20. The summed E-state index contributed by atoms with van der Waals surface area (Å²) < 4.78 is 0. The third kappa shape index (κ3) is 2.39. The molecule has 0 atom stereocenters. The van der Waals surface area contributed by atoms with Gasteiger partial charge in [-0.3, -0.25) is 9.89 Å². The number of aliphatic hydroxyl groups is 1. The van der Waals surface area contributed by atoms with Crippen LogP contribution in [-0.2, 0) is 6.61 Å². The molecule has 0 fully saturated rings. The van der Waals surface area contributed by atoms with Gasteiger partial charge in [0, 0.05) is 16.6 Å². The van der Waals surface area contributed by atoms with E-state index in [4.69, 9.17) is 5.11 Å². The molecule has 0 aliphatic carbocycles. The molecule has 0 saturated heterocycles. The van der Waals surface area contributed by atoms with Crippen molar-refractivity contribution >= 4 is 22.5 Å². The minimum Gasteiger partial charge on any atom is -0.392 e. The van der Waals surface area contributed by atoms with Crippen LogP contribution in [-0.4, -0.2) is 21.2 Å². The van der Waals surface area contributed by atoms with Crippen LogP contribution in [0.15, 0.2) is 48.7 Å². The molecule has 0 spiro atoms. The van der Waals surface area contributed by atoms with E-state index in [1.54, 1.807) is 42.6 Å². The summed E-state index contributed by atoms with van der Waals surface area (Å²) in [7, 11) is 0. The molecule has 5 nitrogen and oxygen atoms in total. The highest BCUT2D eigenvalue weighted by molar-refractivity contribution is 6.06. The molecule has 100 valence electrons. The van der Waals surface area contributed by atoms with Crippen molar-refractivity contribution < 1.29 is 9.90 Å². The van der Waals surface area contributed by atoms with Crippen molar-refractivity contribution in [2.45, 2.75) is 6.61 Å². The van der Waals surface area contributed by atoms with Crippen molar-refractivity contribution in [2.75, 3.05) is 5.32 Å². The van der Waals surface area contributed by atoms with Gasteiger partial charge in [0.2, 0.25) is 0 Å². The molecule has 0 bridgehead atoms. The Labute approximate surface area is 115 Å². The molecule has 20 heavy (non-hydrogen) atoms. The molecule has 5 heteroatoms. The smallest absolute Gasteiger partial charge is 0.255 e. The number of carbonyl (C=O) groups excluding carboxylic acids is 1. The highest BCUT2D eigenvalue weighted by Gasteiger charge is 2.08. The Kier molecular flexibility index (Phi) is 3.18. The van der Waals surface area contributed by atoms with Gasteiger partial charge in [-0.15, -0.1) is 0 Å². The molecule has 3 N–H and O–H groups in total. The minimum absolute atomic E-state index is 0.0518. The van der Waals surface area contributed by atoms with E-state index in [0.29, 0.717) is 11.3 Å². The summed E-state index contributed by atoms with van der Waals surface area (Å²) in [6.07, 6.45) is 1.71. The number of nitrogens with zero attached hydrogens (tertiary/aromatic N) is 1. The first kappa shape index (κ1) is 12.4. The second kappa shape index (κ2) is 5.14. The van der Waals surface area contributed by atoms with Crippen LogP contribution < -0.4 is 5.32 Å². The standard InChI is InChI=1S/C15H13N3O2/c19-9-10-2-1-3-13(6-10)17-15(20)11-4-5-12-8-16-18-14(12)7-11/h1-8,19H,9H2,(H,16,18)(H,17,20). The molecular formula is C15H13N3O2. The predicted molar refractivity (Wildman–Crippen MR) is 76.4 cm³/mol. The number of anilines is 1. The predicted octanol–water partition coefficient (Wildman–Crippen LogP) is 2.31. The van der Waals surface area contributed by atoms with Crippen LogP contribution in [0.1, 0.15) is 15.9 Å². The van der Waals surface area contributed by atoms with Crippen LogP contribution >= 0.6 is 0 Å². The number of rotatable bonds is 3. The van der Waals surface area contributed by atoms with Crippen LogP contribution in [0.4, 0.5) is 5.69 Å². The second-order valence-electron chi connectivity index (χ2n) is 4.48. The number of carbonyl (C=O) groups is 1. The lowest BCUT2D eigenvalue weighted by molar-refractivity contribution is 0.102. The molecular weight excluding hydrogens is 254 g/mol. The van der Waals surface area contributed by atoms with Crippen molar-refractivity contribution in [2.24, 2.45) is 0 Å². The fourth-order valence-electron chi connectivity index (χ4n) is 2.03. The highest BCUT2D eigenvalue weighted by atomic mass is 16.3. The van der Waals surface area contributed by atoms with Crippen molar-refractivity contribution in [1.82, 2.24) is 10.2 Å². The van der Waals surface area contributed by atoms with Crippen LogP contribution in [0, 0.1) is 0 Å². The van der Waals surface area contributed by atoms with Crippen molar-refractivity contribution in [3.8, 4) is 0 Å². The number of hydrogen-bond donors (Lipinski definition) is 3. The lowest BCUT2D eigenvalue weighted by atomic mass is 10.1. The van der Waals surface area contributed by atoms with Gasteiger partial charge in [-0.25, -0.2) is 0 Å². The third-order valence-corrected chi connectivity index (χ3v) is 3.07. The van der Waals surface area contributed by atoms with Gasteiger partial charge in [0.05, 0.1) is 18.3 Å². The van der Waals surface area contributed by atoms with Gasteiger partial charge in [0.1, 0.15) is 0 Å². The topological polar surface area (TPSA) is 78.0 Å². The number of aliphatic hydroxyl groups excluding tert-OH is 1. The number of fused-ring (bicyclic) bond motifs is 1. The first-order valence-electron chi connectivity index (χ1n) is 6.20. The molecule has 0 unspecified atom stereocenters. The number of nitrogens with one attached hydrogen (secondary N) is 2. The Morgan fingerprint density at radius 1 is 1.25 bits per heavy atom. The Morgan fingerprint density at radius 2 is 2.15 bits per heavy atom. The molecule has 1 heterocycles. The normalized spacial score (nSPS) is 10.7. The van der Waals surface area contributed by atoms with Gasteiger partial charge in [0.15, 0.2) is 0 Å². The molecule has 0 saturated carbocycles. The minimum atomic E-state index is -0.198. The monoisotopic (exact) mass is 267 g/mol. The van der Waals surface area contributed by atoms with E-state index in [1.807, 2.05) is 6.07 Å². The number of H-pyrrole nitrogens is 1. The second-order valence-corrected chi connectivity index (χ2v) is 4.48. The number of amides is 1. The number of aromatic nitrogens is 2. The third-order valence-electron chi connectivity index (χ3n) is 3.07. The van der Waals surface area contributed by atoms with Gasteiger partial charge in [0.25, 0.3) is 5.91 Å². The Morgan fingerprint density at radius 3 is 3.00 bits per heavy atom. The zero-order chi connectivity index (χ0) is 13.9. The van der Waals surface area contributed by atoms with E-state index in [2.05, 4.69) is 15.5 Å². The van der Waals surface area contributed by atoms with Crippen molar-refractivity contribution in [3.05, 3.63) is 59.8 Å². The molecule has 3 aromatic rings. The molecule has 0 aliphatic heterocycles. The largest absolute Gasteiger partial charge is 0.392 e. The van der Waals surface area contributed by atoms with E-state index < -0.39 is 0 Å². The van der Waals surface area contributed by atoms with Crippen molar-refractivity contribution in [3.63, 3.8) is 0 Å². The van der Waals surface area contributed by atoms with E-state index in [0.717, 1.165) is 16.5 Å². The van der Waals surface area contributed by atoms with E-state index >= 15 is 0 Å². The van der Waals surface area contributed by atoms with Gasteiger partial charge in [-0.2, -0.15) is 5.10 Å². The lowest BCUT2D eigenvalue weighted by Gasteiger charge is -2.06. The quantitative estimate of drug-likeness (QED) is 0.681. The zero-order valence-corrected chi connectivity index (χ0v) is 10.6. The van der Waals surface area contributed by atoms with Crippen LogP contribution in [0.25, 0.3) is 10.9 Å². The maximum Gasteiger partial charge on any atom is 0.255 e. The van der Waals surface area contributed by atoms with E-state index in [-0.39, 0.29) is 12.5 Å². The lowest BCUT2D eigenvalue weighted by Crippen LogP contribution is -2.11. The Bertz CT molecular complexity index is 764. The maximum absolute atomic E-state index is 12.2. The van der Waals surface area contributed by atoms with E-state index in [1.165, 1.54) is 0 Å². The number of benzene rings is 2. The van der Waals surface area contributed by atoms with Crippen molar-refractivity contribution in [1.29, 1.82) is 0 Å². The van der Waals surface area contributed by atoms with Gasteiger partial charge in [-0.05, 0) is 29.8 Å². The summed E-state index contributed by atoms with van der Waals surface area (Å²) in [6.45, 7) is -0.0518. The summed E-state index contributed by atoms with van der Waals surface area (Å²) >= 11 is 0. The summed E-state index contributed by atoms with van der Waals surface area (Å²) in [4.78, 5) is 12.2. The van der Waals surface area contributed by atoms with Gasteiger partial charge >= 0.3 is 0 Å². The average molecular weight is 267 g/mol. The SMILES string of the molecule is O=C(Nc1cccc(CO)c1)c1ccc2cn[nH]c2c1. The molecule has 3 rings (SSSR count). The Hall–Kier alpha value is -2.66. The number of hydrogen-bond acceptors (Lipinski definition) is 3. The molecule has 2 aromatic carbocycles. The van der Waals surface area contributed by atoms with Crippen LogP contribution in [0.2, 0.25) is 0 Å². The summed E-state index contributed by atoms with van der Waals surface area (Å²) in [5.41, 5.74) is 2.79. The zero-order valence-electron chi connectivity index (χ0n) is 10.6. The summed E-state index contributed by atoms with van der Waals surface area (Å²) in [5.74, 6) is -0.198. The number of aromatic amines is 1. The van der Waals surface area contributed by atoms with E-state index in [9.17, 15) is 4.79 Å². The highest BCUT2D eigenvalue weighted by Crippen LogP contribution is 2.15. The summed E-state index contributed by atoms with van der Waals surface area (Å²) in [5, 5.41) is 19.6. The van der Waals surface area contributed by atoms with Crippen LogP contribution in [0.3, 0.4) is 0 Å². The molecule has 0 aliphatic rings. The molecule has 0 radical (unpaired) electrons.